The molecule has 0 aromatic heterocycles. The second kappa shape index (κ2) is 4.01. The highest BCUT2D eigenvalue weighted by Crippen LogP contribution is 2.35. The highest BCUT2D eigenvalue weighted by Gasteiger charge is 2.40. The summed E-state index contributed by atoms with van der Waals surface area (Å²) in [6.45, 7) is 1.74. The lowest BCUT2D eigenvalue weighted by molar-refractivity contribution is -0.152. The van der Waals surface area contributed by atoms with Crippen molar-refractivity contribution in [2.75, 3.05) is 0 Å². The molecule has 0 amide bonds. The highest BCUT2D eigenvalue weighted by molar-refractivity contribution is 5.92. The van der Waals surface area contributed by atoms with Crippen molar-refractivity contribution < 1.29 is 23.8 Å². The number of esters is 2. The quantitative estimate of drug-likeness (QED) is 0.318. The monoisotopic (exact) mass is 248 g/mol. The summed E-state index contributed by atoms with van der Waals surface area (Å²) < 4.78 is 15.4. The van der Waals surface area contributed by atoms with E-state index in [4.69, 9.17) is 14.2 Å². The molecule has 0 aromatic rings. The summed E-state index contributed by atoms with van der Waals surface area (Å²) in [4.78, 5) is 22.6. The van der Waals surface area contributed by atoms with E-state index in [1.807, 2.05) is 12.2 Å². The molecule has 1 saturated heterocycles. The predicted octanol–water partition coefficient (Wildman–Crippen LogP) is 1.22. The first kappa shape index (κ1) is 11.1. The van der Waals surface area contributed by atoms with Crippen molar-refractivity contribution in [2.45, 2.75) is 25.7 Å². The van der Waals surface area contributed by atoms with Crippen molar-refractivity contribution >= 4 is 11.9 Å². The second-order valence-electron chi connectivity index (χ2n) is 4.50. The zero-order chi connectivity index (χ0) is 12.7. The van der Waals surface area contributed by atoms with Crippen molar-refractivity contribution in [1.82, 2.24) is 0 Å². The molecule has 1 fully saturated rings. The highest BCUT2D eigenvalue weighted by atomic mass is 16.7. The van der Waals surface area contributed by atoms with Gasteiger partial charge in [0.25, 0.3) is 6.29 Å². The smallest absolute Gasteiger partial charge is 0.338 e. The third kappa shape index (κ3) is 1.72. The van der Waals surface area contributed by atoms with Gasteiger partial charge in [0.2, 0.25) is 0 Å². The van der Waals surface area contributed by atoms with E-state index in [9.17, 15) is 9.59 Å². The lowest BCUT2D eigenvalue weighted by Gasteiger charge is -2.11. The Bertz CT molecular complexity index is 500. The largest absolute Gasteiger partial charge is 0.458 e. The molecule has 1 aliphatic carbocycles. The Kier molecular flexibility index (Phi) is 2.47. The Morgan fingerprint density at radius 1 is 1.39 bits per heavy atom. The number of fused-ring (bicyclic) bond motifs is 1. The molecule has 2 aliphatic heterocycles. The molecular weight excluding hydrogens is 236 g/mol. The number of hydrogen-bond acceptors (Lipinski definition) is 5. The minimum absolute atomic E-state index is 0.0427. The molecule has 94 valence electrons. The fourth-order valence-electron chi connectivity index (χ4n) is 2.28. The summed E-state index contributed by atoms with van der Waals surface area (Å²) in [6, 6.07) is 0. The van der Waals surface area contributed by atoms with Crippen LogP contribution >= 0.6 is 0 Å². The molecule has 0 saturated carbocycles. The molecule has 3 aliphatic rings. The van der Waals surface area contributed by atoms with E-state index in [2.05, 4.69) is 0 Å². The van der Waals surface area contributed by atoms with Gasteiger partial charge in [-0.05, 0) is 6.92 Å². The van der Waals surface area contributed by atoms with Crippen molar-refractivity contribution in [3.05, 3.63) is 35.6 Å². The minimum Gasteiger partial charge on any atom is -0.458 e. The van der Waals surface area contributed by atoms with Gasteiger partial charge in [-0.3, -0.25) is 0 Å². The van der Waals surface area contributed by atoms with Crippen LogP contribution in [-0.2, 0) is 23.8 Å². The average molecular weight is 248 g/mol. The van der Waals surface area contributed by atoms with Crippen molar-refractivity contribution in [2.24, 2.45) is 5.92 Å². The van der Waals surface area contributed by atoms with Crippen LogP contribution in [0.25, 0.3) is 0 Å². The molecular formula is C13H12O5. The van der Waals surface area contributed by atoms with Gasteiger partial charge < -0.3 is 14.2 Å². The lowest BCUT2D eigenvalue weighted by Crippen LogP contribution is -2.14. The molecule has 0 unspecified atom stereocenters. The van der Waals surface area contributed by atoms with E-state index >= 15 is 0 Å². The van der Waals surface area contributed by atoms with Crippen LogP contribution < -0.4 is 0 Å². The first-order chi connectivity index (χ1) is 8.65. The SMILES string of the molecule is CC1=CC(=O)O[C@H]1O/C=C1/C(=O)O[C@H]2CC=C[C@H]12. The first-order valence-corrected chi connectivity index (χ1v) is 5.77. The maximum Gasteiger partial charge on any atom is 0.338 e. The summed E-state index contributed by atoms with van der Waals surface area (Å²) in [6.07, 6.45) is 6.55. The van der Waals surface area contributed by atoms with E-state index in [0.29, 0.717) is 11.1 Å². The average Bonchev–Trinajstić information content (AvgIpc) is 2.93. The summed E-state index contributed by atoms with van der Waals surface area (Å²) >= 11 is 0. The van der Waals surface area contributed by atoms with Gasteiger partial charge in [0.15, 0.2) is 0 Å². The van der Waals surface area contributed by atoms with Gasteiger partial charge in [-0.1, -0.05) is 12.2 Å². The molecule has 2 heterocycles. The van der Waals surface area contributed by atoms with E-state index in [-0.39, 0.29) is 18.0 Å². The summed E-state index contributed by atoms with van der Waals surface area (Å²) in [5, 5.41) is 0. The van der Waals surface area contributed by atoms with E-state index in [1.54, 1.807) is 6.92 Å². The number of hydrogen-bond donors (Lipinski definition) is 0. The van der Waals surface area contributed by atoms with Crippen molar-refractivity contribution in [3.63, 3.8) is 0 Å². The van der Waals surface area contributed by atoms with Crippen LogP contribution in [-0.4, -0.2) is 24.3 Å². The molecule has 0 N–H and O–H groups in total. The van der Waals surface area contributed by atoms with E-state index in [0.717, 1.165) is 6.42 Å². The molecule has 5 heteroatoms. The van der Waals surface area contributed by atoms with Gasteiger partial charge >= 0.3 is 11.9 Å². The van der Waals surface area contributed by atoms with Gasteiger partial charge in [0.05, 0.1) is 11.8 Å². The van der Waals surface area contributed by atoms with E-state index in [1.165, 1.54) is 12.3 Å². The fraction of sp³-hybridized carbons (Fsp3) is 0.385. The molecule has 3 atom stereocenters. The number of rotatable bonds is 2. The Balaban J connectivity index is 1.73. The number of carbonyl (C=O) groups is 2. The summed E-state index contributed by atoms with van der Waals surface area (Å²) in [5.41, 5.74) is 1.16. The van der Waals surface area contributed by atoms with Crippen LogP contribution in [0, 0.1) is 5.92 Å². The predicted molar refractivity (Wildman–Crippen MR) is 59.9 cm³/mol. The molecule has 0 aromatic carbocycles. The van der Waals surface area contributed by atoms with E-state index < -0.39 is 12.3 Å². The topological polar surface area (TPSA) is 61.8 Å². The zero-order valence-electron chi connectivity index (χ0n) is 9.79. The second-order valence-corrected chi connectivity index (χ2v) is 4.50. The third-order valence-corrected chi connectivity index (χ3v) is 3.22. The van der Waals surface area contributed by atoms with Gasteiger partial charge in [-0.2, -0.15) is 0 Å². The fourth-order valence-corrected chi connectivity index (χ4v) is 2.28. The number of cyclic esters (lactones) is 1. The third-order valence-electron chi connectivity index (χ3n) is 3.22. The van der Waals surface area contributed by atoms with Crippen molar-refractivity contribution in [1.29, 1.82) is 0 Å². The molecule has 5 nitrogen and oxygen atoms in total. The van der Waals surface area contributed by atoms with Crippen molar-refractivity contribution in [3.8, 4) is 0 Å². The minimum atomic E-state index is -0.734. The Morgan fingerprint density at radius 2 is 2.22 bits per heavy atom. The summed E-state index contributed by atoms with van der Waals surface area (Å²) in [5.74, 6) is -0.831. The number of ether oxygens (including phenoxy) is 3. The van der Waals surface area contributed by atoms with Gasteiger partial charge in [-0.25, -0.2) is 9.59 Å². The Hall–Kier alpha value is -2.04. The maximum atomic E-state index is 11.6. The maximum absolute atomic E-state index is 11.6. The first-order valence-electron chi connectivity index (χ1n) is 5.77. The normalized spacial score (nSPS) is 35.5. The van der Waals surface area contributed by atoms with Gasteiger partial charge in [-0.15, -0.1) is 0 Å². The molecule has 0 spiro atoms. The summed E-state index contributed by atoms with van der Waals surface area (Å²) in [7, 11) is 0. The standard InChI is InChI=1S/C13H12O5/c1-7-5-11(14)18-13(7)16-6-9-8-3-2-4-10(8)17-12(9)15/h2-3,5-6,8,10,13H,4H2,1H3/b9-6+/t8-,10+,13-/m1/s1. The molecule has 0 radical (unpaired) electrons. The molecule has 18 heavy (non-hydrogen) atoms. The Labute approximate surface area is 104 Å². The van der Waals surface area contributed by atoms with Gasteiger partial charge in [0.1, 0.15) is 6.10 Å². The van der Waals surface area contributed by atoms with Crippen LogP contribution in [0.2, 0.25) is 0 Å². The van der Waals surface area contributed by atoms with Crippen LogP contribution in [0.4, 0.5) is 0 Å². The molecule has 0 bridgehead atoms. The van der Waals surface area contributed by atoms with Crippen LogP contribution in [0.15, 0.2) is 35.6 Å². The zero-order valence-corrected chi connectivity index (χ0v) is 9.79. The van der Waals surface area contributed by atoms with Crippen LogP contribution in [0.1, 0.15) is 13.3 Å². The van der Waals surface area contributed by atoms with Crippen LogP contribution in [0.5, 0.6) is 0 Å². The van der Waals surface area contributed by atoms with Crippen LogP contribution in [0.3, 0.4) is 0 Å². The lowest BCUT2D eigenvalue weighted by atomic mass is 10.0. The Morgan fingerprint density at radius 3 is 2.94 bits per heavy atom. The van der Waals surface area contributed by atoms with Gasteiger partial charge in [0, 0.05) is 24.0 Å². The number of carbonyl (C=O) groups excluding carboxylic acids is 2. The molecule has 3 rings (SSSR count).